The summed E-state index contributed by atoms with van der Waals surface area (Å²) >= 11 is 5.84. The number of hydrogen-bond acceptors (Lipinski definition) is 3. The molecule has 21 heavy (non-hydrogen) atoms. The van der Waals surface area contributed by atoms with E-state index < -0.39 is 0 Å². The van der Waals surface area contributed by atoms with Crippen molar-refractivity contribution < 1.29 is 9.90 Å². The molecule has 0 aliphatic carbocycles. The standard InChI is InChI=1S/C16H19ClN2O2/c1-10(7-11(2)20)9-18-16(21)13-3-5-14-12(8-13)4-6-15(17)19-14/h3-6,8,10-11,20H,7,9H2,1-2H3,(H,18,21)/t10-,11+/m0/s1. The Bertz CT molecular complexity index is 643. The van der Waals surface area contributed by atoms with Crippen LogP contribution in [0.1, 0.15) is 30.6 Å². The number of carbonyl (C=O) groups excluding carboxylic acids is 1. The summed E-state index contributed by atoms with van der Waals surface area (Å²) < 4.78 is 0. The molecule has 2 N–H and O–H groups in total. The van der Waals surface area contributed by atoms with Crippen molar-refractivity contribution >= 4 is 28.4 Å². The number of amides is 1. The molecule has 1 amide bonds. The summed E-state index contributed by atoms with van der Waals surface area (Å²) in [4.78, 5) is 16.3. The van der Waals surface area contributed by atoms with Gasteiger partial charge in [0.2, 0.25) is 0 Å². The van der Waals surface area contributed by atoms with Gasteiger partial charge >= 0.3 is 0 Å². The van der Waals surface area contributed by atoms with Crippen molar-refractivity contribution in [1.82, 2.24) is 10.3 Å². The van der Waals surface area contributed by atoms with Gasteiger partial charge in [-0.3, -0.25) is 4.79 Å². The van der Waals surface area contributed by atoms with E-state index in [1.165, 1.54) is 0 Å². The molecule has 1 aromatic heterocycles. The number of pyridine rings is 1. The van der Waals surface area contributed by atoms with Crippen LogP contribution in [0.4, 0.5) is 0 Å². The van der Waals surface area contributed by atoms with Gasteiger partial charge in [0.1, 0.15) is 5.15 Å². The number of benzene rings is 1. The molecule has 0 unspecified atom stereocenters. The summed E-state index contributed by atoms with van der Waals surface area (Å²) in [6.45, 7) is 4.29. The lowest BCUT2D eigenvalue weighted by Crippen LogP contribution is -2.29. The maximum Gasteiger partial charge on any atom is 0.251 e. The normalized spacial score (nSPS) is 13.9. The largest absolute Gasteiger partial charge is 0.393 e. The van der Waals surface area contributed by atoms with Gasteiger partial charge in [0.25, 0.3) is 5.91 Å². The van der Waals surface area contributed by atoms with Crippen LogP contribution >= 0.6 is 11.6 Å². The Hall–Kier alpha value is -1.65. The van der Waals surface area contributed by atoms with Crippen molar-refractivity contribution in [2.75, 3.05) is 6.54 Å². The van der Waals surface area contributed by atoms with Crippen LogP contribution in [-0.2, 0) is 0 Å². The first-order chi connectivity index (χ1) is 9.95. The number of halogens is 1. The van der Waals surface area contributed by atoms with E-state index >= 15 is 0 Å². The van der Waals surface area contributed by atoms with Crippen LogP contribution in [0, 0.1) is 5.92 Å². The van der Waals surface area contributed by atoms with Crippen LogP contribution in [0.2, 0.25) is 5.15 Å². The molecule has 1 heterocycles. The lowest BCUT2D eigenvalue weighted by atomic mass is 10.0. The quantitative estimate of drug-likeness (QED) is 0.835. The zero-order valence-electron chi connectivity index (χ0n) is 12.1. The van der Waals surface area contributed by atoms with Crippen molar-refractivity contribution in [2.45, 2.75) is 26.4 Å². The maximum atomic E-state index is 12.1. The van der Waals surface area contributed by atoms with Crippen LogP contribution in [0.15, 0.2) is 30.3 Å². The van der Waals surface area contributed by atoms with E-state index in [1.54, 1.807) is 31.2 Å². The molecule has 0 fully saturated rings. The molecule has 0 saturated carbocycles. The smallest absolute Gasteiger partial charge is 0.251 e. The third kappa shape index (κ3) is 4.41. The molecule has 0 saturated heterocycles. The topological polar surface area (TPSA) is 62.2 Å². The summed E-state index contributed by atoms with van der Waals surface area (Å²) in [6, 6.07) is 8.87. The number of aromatic nitrogens is 1. The van der Waals surface area contributed by atoms with E-state index in [0.717, 1.165) is 10.9 Å². The molecular weight excluding hydrogens is 288 g/mol. The Morgan fingerprint density at radius 3 is 2.81 bits per heavy atom. The zero-order chi connectivity index (χ0) is 15.4. The fourth-order valence-corrected chi connectivity index (χ4v) is 2.43. The molecule has 2 rings (SSSR count). The Morgan fingerprint density at radius 2 is 2.10 bits per heavy atom. The number of aliphatic hydroxyl groups is 1. The Kier molecular flexibility index (Phi) is 5.15. The van der Waals surface area contributed by atoms with Crippen LogP contribution in [0.25, 0.3) is 10.9 Å². The van der Waals surface area contributed by atoms with Gasteiger partial charge in [-0.05, 0) is 49.6 Å². The van der Waals surface area contributed by atoms with Crippen molar-refractivity contribution in [3.8, 4) is 0 Å². The third-order valence-corrected chi connectivity index (χ3v) is 3.48. The second-order valence-corrected chi connectivity index (χ2v) is 5.83. The monoisotopic (exact) mass is 306 g/mol. The highest BCUT2D eigenvalue weighted by Gasteiger charge is 2.10. The van der Waals surface area contributed by atoms with Gasteiger partial charge in [-0.2, -0.15) is 0 Å². The van der Waals surface area contributed by atoms with Crippen LogP contribution in [-0.4, -0.2) is 28.6 Å². The van der Waals surface area contributed by atoms with Gasteiger partial charge < -0.3 is 10.4 Å². The molecule has 112 valence electrons. The molecule has 0 spiro atoms. The molecule has 0 aliphatic heterocycles. The SMILES string of the molecule is C[C@H](CNC(=O)c1ccc2nc(Cl)ccc2c1)C[C@@H](C)O. The Morgan fingerprint density at radius 1 is 1.33 bits per heavy atom. The number of fused-ring (bicyclic) bond motifs is 1. The minimum Gasteiger partial charge on any atom is -0.393 e. The molecule has 2 atom stereocenters. The predicted molar refractivity (Wildman–Crippen MR) is 84.5 cm³/mol. The van der Waals surface area contributed by atoms with E-state index in [9.17, 15) is 9.90 Å². The average Bonchev–Trinajstić information content (AvgIpc) is 2.43. The molecular formula is C16H19ClN2O2. The van der Waals surface area contributed by atoms with Gasteiger partial charge in [-0.1, -0.05) is 18.5 Å². The van der Waals surface area contributed by atoms with Crippen LogP contribution in [0.5, 0.6) is 0 Å². The van der Waals surface area contributed by atoms with Crippen molar-refractivity contribution in [2.24, 2.45) is 5.92 Å². The molecule has 1 aromatic carbocycles. The predicted octanol–water partition coefficient (Wildman–Crippen LogP) is 3.03. The van der Waals surface area contributed by atoms with Gasteiger partial charge in [-0.25, -0.2) is 4.98 Å². The number of rotatable bonds is 5. The minimum absolute atomic E-state index is 0.121. The number of nitrogens with one attached hydrogen (secondary N) is 1. The summed E-state index contributed by atoms with van der Waals surface area (Å²) in [5.41, 5.74) is 1.36. The van der Waals surface area contributed by atoms with Crippen molar-refractivity contribution in [1.29, 1.82) is 0 Å². The fraction of sp³-hybridized carbons (Fsp3) is 0.375. The summed E-state index contributed by atoms with van der Waals surface area (Å²) in [5, 5.41) is 13.5. The highest BCUT2D eigenvalue weighted by atomic mass is 35.5. The zero-order valence-corrected chi connectivity index (χ0v) is 12.9. The van der Waals surface area contributed by atoms with E-state index in [2.05, 4.69) is 10.3 Å². The molecule has 4 nitrogen and oxygen atoms in total. The summed E-state index contributed by atoms with van der Waals surface area (Å²) in [7, 11) is 0. The first-order valence-electron chi connectivity index (χ1n) is 6.98. The first-order valence-corrected chi connectivity index (χ1v) is 7.36. The number of hydrogen-bond donors (Lipinski definition) is 2. The summed E-state index contributed by atoms with van der Waals surface area (Å²) in [5.74, 6) is 0.110. The minimum atomic E-state index is -0.353. The highest BCUT2D eigenvalue weighted by molar-refractivity contribution is 6.29. The first kappa shape index (κ1) is 15.7. The van der Waals surface area contributed by atoms with E-state index in [0.29, 0.717) is 23.7 Å². The van der Waals surface area contributed by atoms with Gasteiger partial charge in [0.15, 0.2) is 0 Å². The second kappa shape index (κ2) is 6.87. The van der Waals surface area contributed by atoms with Crippen LogP contribution < -0.4 is 5.32 Å². The lowest BCUT2D eigenvalue weighted by molar-refractivity contribution is 0.0939. The van der Waals surface area contributed by atoms with Crippen molar-refractivity contribution in [3.63, 3.8) is 0 Å². The number of aliphatic hydroxyl groups excluding tert-OH is 1. The van der Waals surface area contributed by atoms with Crippen molar-refractivity contribution in [3.05, 3.63) is 41.0 Å². The highest BCUT2D eigenvalue weighted by Crippen LogP contribution is 2.17. The third-order valence-electron chi connectivity index (χ3n) is 3.27. The Labute approximate surface area is 129 Å². The molecule has 0 bridgehead atoms. The van der Waals surface area contributed by atoms with E-state index in [1.807, 2.05) is 13.0 Å². The van der Waals surface area contributed by atoms with Gasteiger partial charge in [0.05, 0.1) is 11.6 Å². The van der Waals surface area contributed by atoms with Gasteiger partial charge in [0, 0.05) is 17.5 Å². The fourth-order valence-electron chi connectivity index (χ4n) is 2.28. The average molecular weight is 307 g/mol. The number of carbonyl (C=O) groups is 1. The van der Waals surface area contributed by atoms with Crippen LogP contribution in [0.3, 0.4) is 0 Å². The molecule has 5 heteroatoms. The molecule has 0 radical (unpaired) electrons. The van der Waals surface area contributed by atoms with E-state index in [4.69, 9.17) is 11.6 Å². The Balaban J connectivity index is 2.04. The summed E-state index contributed by atoms with van der Waals surface area (Å²) in [6.07, 6.45) is 0.314. The van der Waals surface area contributed by atoms with E-state index in [-0.39, 0.29) is 17.9 Å². The lowest BCUT2D eigenvalue weighted by Gasteiger charge is -2.14. The maximum absolute atomic E-state index is 12.1. The molecule has 0 aliphatic rings. The second-order valence-electron chi connectivity index (χ2n) is 5.44. The number of nitrogens with zero attached hydrogens (tertiary/aromatic N) is 1. The molecule has 2 aromatic rings. The van der Waals surface area contributed by atoms with Gasteiger partial charge in [-0.15, -0.1) is 0 Å².